The van der Waals surface area contributed by atoms with Gasteiger partial charge in [0, 0.05) is 4.47 Å². The zero-order valence-corrected chi connectivity index (χ0v) is 19.6. The first-order valence-electron chi connectivity index (χ1n) is 3.73. The summed E-state index contributed by atoms with van der Waals surface area (Å²) in [5, 5.41) is 0. The molecule has 1 rings (SSSR count). The van der Waals surface area contributed by atoms with Crippen molar-refractivity contribution in [3.63, 3.8) is 0 Å². The fraction of sp³-hybridized carbons (Fsp3) is 0.143. The van der Waals surface area contributed by atoms with Crippen molar-refractivity contribution in [1.82, 2.24) is 0 Å². The van der Waals surface area contributed by atoms with Crippen LogP contribution in [0.1, 0.15) is 0 Å². The molecule has 0 heterocycles. The first-order valence-corrected chi connectivity index (χ1v) is 8.42. The van der Waals surface area contributed by atoms with Gasteiger partial charge >= 0.3 is 69.2 Å². The number of hydrogen-bond donors (Lipinski definition) is 0. The van der Waals surface area contributed by atoms with Gasteiger partial charge in [0.25, 0.3) is 0 Å². The Morgan fingerprint density at radius 1 is 1.32 bits per heavy atom. The molecule has 1 aromatic rings. The van der Waals surface area contributed by atoms with Crippen LogP contribution in [0.5, 0.6) is 5.75 Å². The van der Waals surface area contributed by atoms with E-state index in [0.29, 0.717) is 5.75 Å². The zero-order valence-electron chi connectivity index (χ0n) is 10.3. The van der Waals surface area contributed by atoms with Crippen LogP contribution in [0.2, 0.25) is 0 Å². The molecule has 0 radical (unpaired) electrons. The fourth-order valence-corrected chi connectivity index (χ4v) is 2.74. The van der Waals surface area contributed by atoms with Gasteiger partial charge in [-0.25, -0.2) is 0 Å². The van der Waals surface area contributed by atoms with Crippen molar-refractivity contribution in [2.45, 2.75) is 0 Å². The van der Waals surface area contributed by atoms with Crippen molar-refractivity contribution < 1.29 is 85.0 Å². The van der Waals surface area contributed by atoms with Crippen LogP contribution >= 0.6 is 38.5 Å². The van der Waals surface area contributed by atoms with Gasteiger partial charge in [0.1, 0.15) is 0 Å². The Hall–Kier alpha value is 2.25. The van der Waals surface area contributed by atoms with E-state index in [1.165, 1.54) is 0 Å². The summed E-state index contributed by atoms with van der Waals surface area (Å²) in [4.78, 5) is 0. The van der Waals surface area contributed by atoms with Crippen LogP contribution in [0.3, 0.4) is 0 Å². The van der Waals surface area contributed by atoms with Crippen molar-refractivity contribution >= 4 is 60.0 Å². The van der Waals surface area contributed by atoms with E-state index in [4.69, 9.17) is 17.5 Å². The monoisotopic (exact) mass is 502 g/mol. The number of rotatable bonds is 2. The summed E-state index contributed by atoms with van der Waals surface area (Å²) in [6.07, 6.45) is 1.02. The zero-order chi connectivity index (χ0) is 13.6. The van der Waals surface area contributed by atoms with Crippen molar-refractivity contribution in [1.29, 1.82) is 0 Å². The maximum Gasteiger partial charge on any atom is 1.00 e. The Balaban J connectivity index is -0.000000379. The van der Waals surface area contributed by atoms with E-state index in [0.717, 1.165) is 14.3 Å². The standard InChI is InChI=1S/C7H6BrIO3S.2Na.H2O3S/c1-13(10,11)12-7-3-2-5(8)4-6(7)9;;;1-4(2)3/h2-4H,1H3;;;(H2,1,2,3)/q;2*+1;/p-2. The third kappa shape index (κ3) is 16.4. The molecule has 0 unspecified atom stereocenters. The Kier molecular flexibility index (Phi) is 17.6. The van der Waals surface area contributed by atoms with Gasteiger partial charge in [0.2, 0.25) is 0 Å². The second-order valence-corrected chi connectivity index (χ2v) is 6.63. The summed E-state index contributed by atoms with van der Waals surface area (Å²) in [6.45, 7) is 0. The van der Waals surface area contributed by atoms with Gasteiger partial charge in [-0.15, -0.1) is 11.4 Å². The molecule has 0 aromatic heterocycles. The van der Waals surface area contributed by atoms with E-state index in [2.05, 4.69) is 15.9 Å². The van der Waals surface area contributed by atoms with E-state index in [9.17, 15) is 8.42 Å². The molecule has 19 heavy (non-hydrogen) atoms. The molecule has 0 atom stereocenters. The molecule has 0 fully saturated rings. The van der Waals surface area contributed by atoms with E-state index in [1.807, 2.05) is 22.6 Å². The molecule has 0 amide bonds. The maximum absolute atomic E-state index is 10.8. The van der Waals surface area contributed by atoms with E-state index < -0.39 is 21.5 Å². The van der Waals surface area contributed by atoms with Gasteiger partial charge < -0.3 is 13.3 Å². The maximum atomic E-state index is 10.8. The van der Waals surface area contributed by atoms with E-state index in [-0.39, 0.29) is 59.1 Å². The first-order chi connectivity index (χ1) is 7.61. The average molecular weight is 503 g/mol. The topological polar surface area (TPSA) is 107 Å². The van der Waals surface area contributed by atoms with Crippen molar-refractivity contribution in [2.24, 2.45) is 0 Å². The molecular weight excluding hydrogens is 497 g/mol. The summed E-state index contributed by atoms with van der Waals surface area (Å²) in [5.41, 5.74) is 0. The second kappa shape index (κ2) is 12.8. The molecule has 0 aliphatic rings. The van der Waals surface area contributed by atoms with Crippen molar-refractivity contribution in [3.05, 3.63) is 26.2 Å². The first kappa shape index (κ1) is 26.2. The summed E-state index contributed by atoms with van der Waals surface area (Å²) in [5.74, 6) is 0.353. The Bertz CT molecular complexity index is 508. The molecular formula is C7H6BrINa2O6S2. The van der Waals surface area contributed by atoms with Gasteiger partial charge in [-0.05, 0) is 40.8 Å². The Morgan fingerprint density at radius 2 is 1.74 bits per heavy atom. The van der Waals surface area contributed by atoms with E-state index >= 15 is 0 Å². The molecule has 0 N–H and O–H groups in total. The fourth-order valence-electron chi connectivity index (χ4n) is 0.706. The molecule has 98 valence electrons. The molecule has 0 aliphatic carbocycles. The predicted octanol–water partition coefficient (Wildman–Crippen LogP) is -4.60. The normalized spacial score (nSPS) is 9.58. The van der Waals surface area contributed by atoms with Crippen LogP contribution in [0.25, 0.3) is 0 Å². The Morgan fingerprint density at radius 3 is 2.05 bits per heavy atom. The van der Waals surface area contributed by atoms with Crippen LogP contribution in [0.4, 0.5) is 0 Å². The number of halogens is 2. The van der Waals surface area contributed by atoms with Crippen LogP contribution in [-0.2, 0) is 21.5 Å². The predicted molar refractivity (Wildman–Crippen MR) is 72.0 cm³/mol. The molecule has 1 aromatic carbocycles. The van der Waals surface area contributed by atoms with Gasteiger partial charge in [-0.1, -0.05) is 15.9 Å². The average Bonchev–Trinajstić information content (AvgIpc) is 2.07. The minimum absolute atomic E-state index is 0. The number of hydrogen-bond acceptors (Lipinski definition) is 6. The molecule has 12 heteroatoms. The third-order valence-electron chi connectivity index (χ3n) is 1.14. The molecule has 0 saturated heterocycles. The molecule has 0 spiro atoms. The van der Waals surface area contributed by atoms with Crippen LogP contribution < -0.4 is 63.3 Å². The largest absolute Gasteiger partial charge is 1.00 e. The minimum Gasteiger partial charge on any atom is -0.784 e. The van der Waals surface area contributed by atoms with Crippen LogP contribution in [-0.4, -0.2) is 28.0 Å². The van der Waals surface area contributed by atoms with Crippen molar-refractivity contribution in [2.75, 3.05) is 6.26 Å². The van der Waals surface area contributed by atoms with Crippen LogP contribution in [0, 0.1) is 3.57 Å². The number of benzene rings is 1. The van der Waals surface area contributed by atoms with Gasteiger partial charge in [0.05, 0.1) is 9.83 Å². The van der Waals surface area contributed by atoms with Gasteiger partial charge in [-0.3, -0.25) is 4.21 Å². The van der Waals surface area contributed by atoms with Crippen molar-refractivity contribution in [3.8, 4) is 5.75 Å². The van der Waals surface area contributed by atoms with E-state index in [1.54, 1.807) is 18.2 Å². The van der Waals surface area contributed by atoms with Gasteiger partial charge in [0.15, 0.2) is 5.75 Å². The molecule has 6 nitrogen and oxygen atoms in total. The third-order valence-corrected chi connectivity index (χ3v) is 2.95. The minimum atomic E-state index is -3.43. The SMILES string of the molecule is CS(=O)(=O)Oc1ccc(Br)cc1I.O=S([O-])[O-].[Na+].[Na+]. The smallest absolute Gasteiger partial charge is 0.784 e. The summed E-state index contributed by atoms with van der Waals surface area (Å²) in [6, 6.07) is 5.11. The van der Waals surface area contributed by atoms with Gasteiger partial charge in [-0.2, -0.15) is 8.42 Å². The summed E-state index contributed by atoms with van der Waals surface area (Å²) < 4.78 is 53.3. The quantitative estimate of drug-likeness (QED) is 0.174. The second-order valence-electron chi connectivity index (χ2n) is 2.57. The van der Waals surface area contributed by atoms with Crippen LogP contribution in [0.15, 0.2) is 22.7 Å². The molecule has 0 saturated carbocycles. The molecule has 0 bridgehead atoms. The summed E-state index contributed by atoms with van der Waals surface area (Å²) >= 11 is 2.16. The molecule has 0 aliphatic heterocycles. The Labute approximate surface area is 180 Å². The summed E-state index contributed by atoms with van der Waals surface area (Å²) in [7, 11) is -3.43.